The van der Waals surface area contributed by atoms with Crippen molar-refractivity contribution >= 4 is 17.8 Å². The molecule has 8 nitrogen and oxygen atoms in total. The summed E-state index contributed by atoms with van der Waals surface area (Å²) in [6.07, 6.45) is -2.50. The zero-order chi connectivity index (χ0) is 18.6. The number of hydrogen-bond donors (Lipinski definition) is 0. The predicted molar refractivity (Wildman–Crippen MR) is 84.1 cm³/mol. The van der Waals surface area contributed by atoms with Crippen molar-refractivity contribution in [2.75, 3.05) is 7.11 Å². The van der Waals surface area contributed by atoms with Gasteiger partial charge in [-0.2, -0.15) is 5.26 Å². The zero-order valence-corrected chi connectivity index (χ0v) is 14.1. The van der Waals surface area contributed by atoms with Crippen LogP contribution in [0, 0.1) is 11.3 Å². The number of nitriles is 1. The third kappa shape index (κ3) is 4.07. The van der Waals surface area contributed by atoms with Crippen LogP contribution in [0.4, 0.5) is 0 Å². The van der Waals surface area contributed by atoms with Crippen LogP contribution in [0.3, 0.4) is 0 Å². The number of methoxy groups -OCH3 is 1. The van der Waals surface area contributed by atoms with Gasteiger partial charge < -0.3 is 19.1 Å². The largest absolute Gasteiger partial charge is 0.497 e. The van der Waals surface area contributed by atoms with Crippen LogP contribution in [-0.4, -0.2) is 48.1 Å². The average molecular weight is 346 g/mol. The minimum atomic E-state index is -1.33. The van der Waals surface area contributed by atoms with Crippen molar-refractivity contribution in [3.8, 4) is 11.8 Å². The van der Waals surface area contributed by atoms with Crippen LogP contribution >= 0.6 is 0 Å². The van der Waals surface area contributed by atoms with E-state index in [9.17, 15) is 19.6 Å². The van der Waals surface area contributed by atoms with Crippen LogP contribution in [0.5, 0.6) is 5.75 Å². The van der Waals surface area contributed by atoms with Crippen molar-refractivity contribution in [1.29, 1.82) is 5.26 Å². The average Bonchev–Trinajstić information content (AvgIpc) is 2.79. The van der Waals surface area contributed by atoms with E-state index < -0.39 is 36.1 Å². The fraction of sp³-hybridized carbons (Fsp3) is 0.412. The first-order chi connectivity index (χ1) is 11.9. The highest BCUT2D eigenvalue weighted by Gasteiger charge is 2.52. The van der Waals surface area contributed by atoms with E-state index in [1.165, 1.54) is 12.0 Å². The Labute approximate surface area is 144 Å². The van der Waals surface area contributed by atoms with Crippen molar-refractivity contribution in [3.63, 3.8) is 0 Å². The highest BCUT2D eigenvalue weighted by molar-refractivity contribution is 5.88. The first-order valence-electron chi connectivity index (χ1n) is 7.54. The number of carbonyl (C=O) groups excluding carboxylic acids is 3. The number of likely N-dealkylation sites (tertiary alicyclic amines) is 1. The summed E-state index contributed by atoms with van der Waals surface area (Å²) in [7, 11) is 1.54. The summed E-state index contributed by atoms with van der Waals surface area (Å²) >= 11 is 0. The summed E-state index contributed by atoms with van der Waals surface area (Å²) in [4.78, 5) is 36.4. The number of esters is 2. The minimum Gasteiger partial charge on any atom is -0.497 e. The monoisotopic (exact) mass is 346 g/mol. The lowest BCUT2D eigenvalue weighted by Gasteiger charge is -2.21. The number of nitrogens with zero attached hydrogens (tertiary/aromatic N) is 2. The number of amides is 1. The molecule has 8 heteroatoms. The van der Waals surface area contributed by atoms with Gasteiger partial charge in [0.25, 0.3) is 5.91 Å². The van der Waals surface area contributed by atoms with Crippen molar-refractivity contribution in [1.82, 2.24) is 4.90 Å². The van der Waals surface area contributed by atoms with E-state index in [2.05, 4.69) is 0 Å². The number of ether oxygens (including phenoxy) is 3. The third-order valence-electron chi connectivity index (χ3n) is 3.71. The molecule has 0 spiro atoms. The number of benzene rings is 1. The van der Waals surface area contributed by atoms with E-state index in [0.717, 1.165) is 19.4 Å². The maximum Gasteiger partial charge on any atom is 0.303 e. The molecule has 1 aliphatic rings. The Kier molecular flexibility index (Phi) is 5.60. The molecular formula is C17H18N2O6. The molecule has 132 valence electrons. The van der Waals surface area contributed by atoms with Crippen molar-refractivity contribution in [2.24, 2.45) is 0 Å². The van der Waals surface area contributed by atoms with E-state index in [-0.39, 0.29) is 6.54 Å². The van der Waals surface area contributed by atoms with Crippen LogP contribution < -0.4 is 4.74 Å². The van der Waals surface area contributed by atoms with E-state index in [1.54, 1.807) is 24.3 Å². The van der Waals surface area contributed by atoms with E-state index in [4.69, 9.17) is 14.2 Å². The summed E-state index contributed by atoms with van der Waals surface area (Å²) in [6, 6.07) is 7.86. The molecule has 1 aromatic rings. The zero-order valence-electron chi connectivity index (χ0n) is 14.1. The van der Waals surface area contributed by atoms with Gasteiger partial charge in [-0.1, -0.05) is 12.1 Å². The Bertz CT molecular complexity index is 709. The van der Waals surface area contributed by atoms with E-state index >= 15 is 0 Å². The highest BCUT2D eigenvalue weighted by atomic mass is 16.6. The van der Waals surface area contributed by atoms with Crippen molar-refractivity contribution in [3.05, 3.63) is 29.8 Å². The maximum atomic E-state index is 12.6. The molecular weight excluding hydrogens is 328 g/mol. The number of rotatable bonds is 5. The first kappa shape index (κ1) is 18.3. The Morgan fingerprint density at radius 2 is 1.76 bits per heavy atom. The topological polar surface area (TPSA) is 106 Å². The summed E-state index contributed by atoms with van der Waals surface area (Å²) in [5.74, 6) is -1.28. The van der Waals surface area contributed by atoms with Gasteiger partial charge in [0.05, 0.1) is 13.2 Å². The van der Waals surface area contributed by atoms with Crippen LogP contribution in [0.2, 0.25) is 0 Å². The van der Waals surface area contributed by atoms with Crippen LogP contribution in [0.25, 0.3) is 0 Å². The molecule has 1 saturated heterocycles. The second-order valence-electron chi connectivity index (χ2n) is 5.49. The van der Waals surface area contributed by atoms with Crippen molar-refractivity contribution < 1.29 is 28.6 Å². The molecule has 1 heterocycles. The summed E-state index contributed by atoms with van der Waals surface area (Å²) in [5, 5.41) is 9.45. The van der Waals surface area contributed by atoms with Gasteiger partial charge in [0, 0.05) is 20.4 Å². The lowest BCUT2D eigenvalue weighted by molar-refractivity contribution is -0.165. The maximum absolute atomic E-state index is 12.6. The SMILES string of the molecule is COc1ccc(CN2C(=O)[C@@H](OC(C)=O)[C@H](OC(C)=O)C2C#N)cc1. The molecule has 0 bridgehead atoms. The molecule has 1 aromatic carbocycles. The molecule has 1 aliphatic heterocycles. The molecule has 2 rings (SSSR count). The Hall–Kier alpha value is -3.08. The Morgan fingerprint density at radius 3 is 2.24 bits per heavy atom. The lowest BCUT2D eigenvalue weighted by Crippen LogP contribution is -2.38. The molecule has 0 saturated carbocycles. The first-order valence-corrected chi connectivity index (χ1v) is 7.54. The molecule has 1 amide bonds. The van der Waals surface area contributed by atoms with Crippen LogP contribution in [0.15, 0.2) is 24.3 Å². The predicted octanol–water partition coefficient (Wildman–Crippen LogP) is 0.793. The normalized spacial score (nSPS) is 22.2. The smallest absolute Gasteiger partial charge is 0.303 e. The third-order valence-corrected chi connectivity index (χ3v) is 3.71. The van der Waals surface area contributed by atoms with Gasteiger partial charge in [0.2, 0.25) is 6.10 Å². The number of carbonyl (C=O) groups is 3. The van der Waals surface area contributed by atoms with E-state index in [0.29, 0.717) is 5.75 Å². The van der Waals surface area contributed by atoms with E-state index in [1.807, 2.05) is 6.07 Å². The molecule has 25 heavy (non-hydrogen) atoms. The van der Waals surface area contributed by atoms with Gasteiger partial charge in [-0.05, 0) is 17.7 Å². The van der Waals surface area contributed by atoms with Crippen LogP contribution in [-0.2, 0) is 30.4 Å². The summed E-state index contributed by atoms with van der Waals surface area (Å²) in [5.41, 5.74) is 0.749. The Balaban J connectivity index is 2.28. The van der Waals surface area contributed by atoms with Crippen LogP contribution in [0.1, 0.15) is 19.4 Å². The lowest BCUT2D eigenvalue weighted by atomic mass is 10.1. The van der Waals surface area contributed by atoms with Gasteiger partial charge >= 0.3 is 11.9 Å². The highest BCUT2D eigenvalue weighted by Crippen LogP contribution is 2.27. The van der Waals surface area contributed by atoms with Gasteiger partial charge in [-0.25, -0.2) is 0 Å². The molecule has 3 atom stereocenters. The fourth-order valence-corrected chi connectivity index (χ4v) is 2.65. The standard InChI is InChI=1S/C17H18N2O6/c1-10(20)24-15-14(8-18)19(17(22)16(15)25-11(2)21)9-12-4-6-13(23-3)7-5-12/h4-7,14-16H,9H2,1-3H3/t14?,15-,16+/m1/s1. The molecule has 1 unspecified atom stereocenters. The molecule has 1 fully saturated rings. The second-order valence-corrected chi connectivity index (χ2v) is 5.49. The van der Waals surface area contributed by atoms with Gasteiger partial charge in [-0.15, -0.1) is 0 Å². The van der Waals surface area contributed by atoms with Gasteiger partial charge in [0.1, 0.15) is 5.75 Å². The van der Waals surface area contributed by atoms with Crippen molar-refractivity contribution in [2.45, 2.75) is 38.6 Å². The molecule has 0 radical (unpaired) electrons. The molecule has 0 aromatic heterocycles. The molecule has 0 aliphatic carbocycles. The Morgan fingerprint density at radius 1 is 1.16 bits per heavy atom. The van der Waals surface area contributed by atoms with Gasteiger partial charge in [0.15, 0.2) is 12.1 Å². The summed E-state index contributed by atoms with van der Waals surface area (Å²) < 4.78 is 15.2. The fourth-order valence-electron chi connectivity index (χ4n) is 2.65. The quantitative estimate of drug-likeness (QED) is 0.726. The minimum absolute atomic E-state index is 0.108. The summed E-state index contributed by atoms with van der Waals surface area (Å²) in [6.45, 7) is 2.41. The second kappa shape index (κ2) is 7.66. The molecule has 0 N–H and O–H groups in total. The number of hydrogen-bond acceptors (Lipinski definition) is 7. The van der Waals surface area contributed by atoms with Gasteiger partial charge in [-0.3, -0.25) is 14.4 Å².